The number of rotatable bonds is 6. The van der Waals surface area contributed by atoms with Crippen molar-refractivity contribution in [2.75, 3.05) is 13.9 Å². The van der Waals surface area contributed by atoms with Gasteiger partial charge in [-0.05, 0) is 30.5 Å². The summed E-state index contributed by atoms with van der Waals surface area (Å²) >= 11 is 0. The Balaban J connectivity index is 2.09. The summed E-state index contributed by atoms with van der Waals surface area (Å²) in [5, 5.41) is 3.53. The highest BCUT2D eigenvalue weighted by molar-refractivity contribution is 5.55. The molecule has 0 radical (unpaired) electrons. The van der Waals surface area contributed by atoms with Gasteiger partial charge in [-0.15, -0.1) is 0 Å². The molecule has 1 heterocycles. The molecule has 0 fully saturated rings. The van der Waals surface area contributed by atoms with Crippen molar-refractivity contribution < 1.29 is 14.2 Å². The average molecular weight is 251 g/mol. The molecule has 4 heteroatoms. The maximum absolute atomic E-state index is 5.41. The molecule has 1 aromatic carbocycles. The van der Waals surface area contributed by atoms with Crippen LogP contribution in [-0.4, -0.2) is 19.9 Å². The molecule has 2 rings (SSSR count). The first-order valence-corrected chi connectivity index (χ1v) is 6.48. The highest BCUT2D eigenvalue weighted by Crippen LogP contribution is 2.41. The lowest BCUT2D eigenvalue weighted by atomic mass is 10.1. The summed E-state index contributed by atoms with van der Waals surface area (Å²) in [7, 11) is 1.65. The molecule has 0 saturated carbocycles. The monoisotopic (exact) mass is 251 g/mol. The van der Waals surface area contributed by atoms with Crippen molar-refractivity contribution in [3.05, 3.63) is 17.7 Å². The van der Waals surface area contributed by atoms with E-state index in [4.69, 9.17) is 14.2 Å². The number of fused-ring (bicyclic) bond motifs is 1. The Morgan fingerprint density at radius 1 is 1.28 bits per heavy atom. The third-order valence-corrected chi connectivity index (χ3v) is 3.30. The molecule has 4 nitrogen and oxygen atoms in total. The van der Waals surface area contributed by atoms with E-state index < -0.39 is 0 Å². The van der Waals surface area contributed by atoms with E-state index in [2.05, 4.69) is 19.2 Å². The third kappa shape index (κ3) is 2.70. The number of hydrogen-bond acceptors (Lipinski definition) is 4. The van der Waals surface area contributed by atoms with Crippen LogP contribution in [0.15, 0.2) is 12.1 Å². The van der Waals surface area contributed by atoms with Gasteiger partial charge in [-0.25, -0.2) is 0 Å². The molecule has 100 valence electrons. The number of nitrogens with one attached hydrogen (secondary N) is 1. The molecule has 1 aromatic rings. The molecule has 0 unspecified atom stereocenters. The number of benzene rings is 1. The van der Waals surface area contributed by atoms with Gasteiger partial charge in [0.2, 0.25) is 12.5 Å². The minimum absolute atomic E-state index is 0.273. The summed E-state index contributed by atoms with van der Waals surface area (Å²) in [6.07, 6.45) is 2.27. The van der Waals surface area contributed by atoms with Crippen LogP contribution in [0.1, 0.15) is 32.3 Å². The molecule has 0 amide bonds. The Morgan fingerprint density at radius 2 is 2.06 bits per heavy atom. The predicted octanol–water partition coefficient (Wildman–Crippen LogP) is 2.70. The van der Waals surface area contributed by atoms with Crippen LogP contribution in [-0.2, 0) is 6.54 Å². The zero-order valence-electron chi connectivity index (χ0n) is 11.3. The van der Waals surface area contributed by atoms with E-state index in [9.17, 15) is 0 Å². The second kappa shape index (κ2) is 5.96. The molecule has 1 aliphatic heterocycles. The van der Waals surface area contributed by atoms with E-state index in [0.717, 1.165) is 36.4 Å². The fourth-order valence-electron chi connectivity index (χ4n) is 2.13. The smallest absolute Gasteiger partial charge is 0.231 e. The van der Waals surface area contributed by atoms with Crippen molar-refractivity contribution >= 4 is 0 Å². The van der Waals surface area contributed by atoms with Crippen LogP contribution in [0.25, 0.3) is 0 Å². The predicted molar refractivity (Wildman–Crippen MR) is 70.3 cm³/mol. The van der Waals surface area contributed by atoms with E-state index >= 15 is 0 Å². The fraction of sp³-hybridized carbons (Fsp3) is 0.571. The number of ether oxygens (including phenoxy) is 3. The van der Waals surface area contributed by atoms with E-state index in [-0.39, 0.29) is 6.79 Å². The van der Waals surface area contributed by atoms with Gasteiger partial charge in [-0.3, -0.25) is 0 Å². The van der Waals surface area contributed by atoms with Gasteiger partial charge in [-0.1, -0.05) is 13.8 Å². The van der Waals surface area contributed by atoms with E-state index in [1.165, 1.54) is 0 Å². The minimum Gasteiger partial charge on any atom is -0.493 e. The first kappa shape index (κ1) is 13.0. The molecule has 18 heavy (non-hydrogen) atoms. The second-order valence-corrected chi connectivity index (χ2v) is 4.43. The first-order chi connectivity index (χ1) is 8.78. The Kier molecular flexibility index (Phi) is 4.31. The molecule has 0 bridgehead atoms. The van der Waals surface area contributed by atoms with Crippen molar-refractivity contribution in [2.45, 2.75) is 39.3 Å². The van der Waals surface area contributed by atoms with Crippen LogP contribution >= 0.6 is 0 Å². The summed E-state index contributed by atoms with van der Waals surface area (Å²) in [6, 6.07) is 4.57. The molecule has 1 aliphatic rings. The molecule has 0 saturated heterocycles. The topological polar surface area (TPSA) is 39.7 Å². The van der Waals surface area contributed by atoms with Crippen LogP contribution in [0.2, 0.25) is 0 Å². The van der Waals surface area contributed by atoms with Crippen LogP contribution in [0, 0.1) is 0 Å². The average Bonchev–Trinajstić information content (AvgIpc) is 2.87. The lowest BCUT2D eigenvalue weighted by Gasteiger charge is -2.15. The Morgan fingerprint density at radius 3 is 2.72 bits per heavy atom. The second-order valence-electron chi connectivity index (χ2n) is 4.43. The highest BCUT2D eigenvalue weighted by atomic mass is 16.7. The molecule has 0 spiro atoms. The third-order valence-electron chi connectivity index (χ3n) is 3.30. The molecule has 0 atom stereocenters. The summed E-state index contributed by atoms with van der Waals surface area (Å²) in [5.74, 6) is 2.23. The van der Waals surface area contributed by atoms with Crippen molar-refractivity contribution in [1.82, 2.24) is 5.32 Å². The molecule has 1 N–H and O–H groups in total. The molecular formula is C14H21NO3. The van der Waals surface area contributed by atoms with Gasteiger partial charge in [0.05, 0.1) is 7.11 Å². The van der Waals surface area contributed by atoms with E-state index in [1.807, 2.05) is 12.1 Å². The standard InChI is InChI=1S/C14H21NO3/c1-4-11(5-2)15-8-10-6-12(16-3)14-13(7-10)17-9-18-14/h6-7,11,15H,4-5,8-9H2,1-3H3. The van der Waals surface area contributed by atoms with Gasteiger partial charge in [-0.2, -0.15) is 0 Å². The lowest BCUT2D eigenvalue weighted by molar-refractivity contribution is 0.171. The number of hydrogen-bond donors (Lipinski definition) is 1. The fourth-order valence-corrected chi connectivity index (χ4v) is 2.13. The van der Waals surface area contributed by atoms with Gasteiger partial charge in [0, 0.05) is 12.6 Å². The molecular weight excluding hydrogens is 230 g/mol. The normalized spacial score (nSPS) is 13.1. The summed E-state index contributed by atoms with van der Waals surface area (Å²) in [4.78, 5) is 0. The Bertz CT molecular complexity index is 402. The largest absolute Gasteiger partial charge is 0.493 e. The first-order valence-electron chi connectivity index (χ1n) is 6.48. The van der Waals surface area contributed by atoms with E-state index in [1.54, 1.807) is 7.11 Å². The van der Waals surface area contributed by atoms with Crippen molar-refractivity contribution in [1.29, 1.82) is 0 Å². The SMILES string of the molecule is CCC(CC)NCc1cc(OC)c2c(c1)OCO2. The minimum atomic E-state index is 0.273. The van der Waals surface area contributed by atoms with Crippen molar-refractivity contribution in [2.24, 2.45) is 0 Å². The lowest BCUT2D eigenvalue weighted by Crippen LogP contribution is -2.26. The Hall–Kier alpha value is -1.42. The summed E-state index contributed by atoms with van der Waals surface area (Å²) in [5.41, 5.74) is 1.16. The zero-order chi connectivity index (χ0) is 13.0. The molecule has 0 aromatic heterocycles. The quantitative estimate of drug-likeness (QED) is 0.844. The van der Waals surface area contributed by atoms with Crippen LogP contribution < -0.4 is 19.5 Å². The molecule has 0 aliphatic carbocycles. The van der Waals surface area contributed by atoms with Gasteiger partial charge < -0.3 is 19.5 Å². The van der Waals surface area contributed by atoms with Gasteiger partial charge in [0.1, 0.15) is 0 Å². The van der Waals surface area contributed by atoms with Crippen LogP contribution in [0.3, 0.4) is 0 Å². The van der Waals surface area contributed by atoms with Crippen molar-refractivity contribution in [3.8, 4) is 17.2 Å². The van der Waals surface area contributed by atoms with Gasteiger partial charge in [0.15, 0.2) is 11.5 Å². The Labute approximate surface area is 108 Å². The zero-order valence-corrected chi connectivity index (χ0v) is 11.3. The van der Waals surface area contributed by atoms with Gasteiger partial charge >= 0.3 is 0 Å². The van der Waals surface area contributed by atoms with Crippen molar-refractivity contribution in [3.63, 3.8) is 0 Å². The van der Waals surface area contributed by atoms with Crippen LogP contribution in [0.4, 0.5) is 0 Å². The number of methoxy groups -OCH3 is 1. The maximum atomic E-state index is 5.41. The van der Waals surface area contributed by atoms with Crippen LogP contribution in [0.5, 0.6) is 17.2 Å². The van der Waals surface area contributed by atoms with E-state index in [0.29, 0.717) is 11.8 Å². The summed E-state index contributed by atoms with van der Waals surface area (Å²) in [6.45, 7) is 5.48. The van der Waals surface area contributed by atoms with Gasteiger partial charge in [0.25, 0.3) is 0 Å². The summed E-state index contributed by atoms with van der Waals surface area (Å²) < 4.78 is 16.1. The maximum Gasteiger partial charge on any atom is 0.231 e. The highest BCUT2D eigenvalue weighted by Gasteiger charge is 2.20.